The van der Waals surface area contributed by atoms with Gasteiger partial charge in [-0.2, -0.15) is 0 Å². The van der Waals surface area contributed by atoms with E-state index in [4.69, 9.17) is 18.0 Å². The molecule has 0 bridgehead atoms. The zero-order valence-electron chi connectivity index (χ0n) is 11.6. The van der Waals surface area contributed by atoms with Crippen molar-refractivity contribution in [3.63, 3.8) is 0 Å². The molecule has 3 heteroatoms. The Morgan fingerprint density at radius 2 is 1.55 bits per heavy atom. The Hall–Kier alpha value is -1.61. The molecule has 0 unspecified atom stereocenters. The summed E-state index contributed by atoms with van der Waals surface area (Å²) in [6, 6.07) is 12.7. The van der Waals surface area contributed by atoms with Gasteiger partial charge in [0, 0.05) is 29.7 Å². The Kier molecular flexibility index (Phi) is 3.88. The van der Waals surface area contributed by atoms with Crippen LogP contribution < -0.4 is 10.6 Å². The molecule has 0 aromatic heterocycles. The Bertz CT molecular complexity index is 628. The molecule has 1 heterocycles. The van der Waals surface area contributed by atoms with E-state index in [9.17, 15) is 0 Å². The summed E-state index contributed by atoms with van der Waals surface area (Å²) in [5.41, 5.74) is 8.15. The molecule has 2 aromatic carbocycles. The molecule has 2 N–H and O–H groups in total. The summed E-state index contributed by atoms with van der Waals surface area (Å²) in [7, 11) is 0. The van der Waals surface area contributed by atoms with Crippen molar-refractivity contribution in [1.82, 2.24) is 0 Å². The third-order valence-corrected chi connectivity index (χ3v) is 4.33. The molecule has 0 atom stereocenters. The number of rotatable bonds is 2. The van der Waals surface area contributed by atoms with Crippen LogP contribution in [0.1, 0.15) is 31.2 Å². The summed E-state index contributed by atoms with van der Waals surface area (Å²) < 4.78 is 0. The average Bonchev–Trinajstić information content (AvgIpc) is 2.75. The van der Waals surface area contributed by atoms with Crippen LogP contribution in [0.25, 0.3) is 10.8 Å². The van der Waals surface area contributed by atoms with E-state index < -0.39 is 0 Å². The minimum absolute atomic E-state index is 0.476. The molecule has 104 valence electrons. The second-order valence-corrected chi connectivity index (χ2v) is 5.88. The topological polar surface area (TPSA) is 29.3 Å². The predicted molar refractivity (Wildman–Crippen MR) is 90.5 cm³/mol. The van der Waals surface area contributed by atoms with Gasteiger partial charge in [0.1, 0.15) is 4.99 Å². The zero-order valence-corrected chi connectivity index (χ0v) is 12.5. The van der Waals surface area contributed by atoms with E-state index in [0.717, 1.165) is 18.7 Å². The van der Waals surface area contributed by atoms with Gasteiger partial charge in [0.15, 0.2) is 0 Å². The first-order valence-corrected chi connectivity index (χ1v) is 7.75. The molecule has 3 rings (SSSR count). The SMILES string of the molecule is NC(=S)c1ccc(N2CCCCCC2)c2ccccc12. The van der Waals surface area contributed by atoms with Crippen molar-refractivity contribution >= 4 is 33.7 Å². The van der Waals surface area contributed by atoms with Crippen molar-refractivity contribution in [3.05, 3.63) is 42.0 Å². The third kappa shape index (κ3) is 2.50. The number of fused-ring (bicyclic) bond motifs is 1. The van der Waals surface area contributed by atoms with Crippen molar-refractivity contribution in [1.29, 1.82) is 0 Å². The standard InChI is InChI=1S/C17H20N2S/c18-17(20)15-9-10-16(14-8-4-3-7-13(14)15)19-11-5-1-2-6-12-19/h3-4,7-10H,1-2,5-6,11-12H2,(H2,18,20). The van der Waals surface area contributed by atoms with Crippen LogP contribution in [-0.2, 0) is 0 Å². The molecule has 0 spiro atoms. The minimum atomic E-state index is 0.476. The molecule has 2 nitrogen and oxygen atoms in total. The summed E-state index contributed by atoms with van der Waals surface area (Å²) in [5.74, 6) is 0. The highest BCUT2D eigenvalue weighted by Gasteiger charge is 2.14. The van der Waals surface area contributed by atoms with Crippen LogP contribution >= 0.6 is 12.2 Å². The Labute approximate surface area is 125 Å². The lowest BCUT2D eigenvalue weighted by molar-refractivity contribution is 0.726. The number of nitrogens with two attached hydrogens (primary N) is 1. The average molecular weight is 284 g/mol. The van der Waals surface area contributed by atoms with E-state index in [1.54, 1.807) is 0 Å². The Morgan fingerprint density at radius 1 is 0.900 bits per heavy atom. The number of anilines is 1. The first kappa shape index (κ1) is 13.4. The molecule has 2 aromatic rings. The lowest BCUT2D eigenvalue weighted by Crippen LogP contribution is -2.24. The van der Waals surface area contributed by atoms with Gasteiger partial charge in [-0.1, -0.05) is 49.3 Å². The normalized spacial score (nSPS) is 16.1. The highest BCUT2D eigenvalue weighted by Crippen LogP contribution is 2.31. The van der Waals surface area contributed by atoms with Crippen molar-refractivity contribution in [2.24, 2.45) is 5.73 Å². The zero-order chi connectivity index (χ0) is 13.9. The van der Waals surface area contributed by atoms with Gasteiger partial charge in [0.2, 0.25) is 0 Å². The van der Waals surface area contributed by atoms with Gasteiger partial charge in [0.05, 0.1) is 0 Å². The number of nitrogens with zero attached hydrogens (tertiary/aromatic N) is 1. The van der Waals surface area contributed by atoms with Crippen molar-refractivity contribution < 1.29 is 0 Å². The maximum Gasteiger partial charge on any atom is 0.104 e. The molecule has 0 saturated carbocycles. The number of hydrogen-bond acceptors (Lipinski definition) is 2. The smallest absolute Gasteiger partial charge is 0.104 e. The van der Waals surface area contributed by atoms with Gasteiger partial charge in [-0.15, -0.1) is 0 Å². The molecule has 1 fully saturated rings. The third-order valence-electron chi connectivity index (χ3n) is 4.11. The molecule has 0 amide bonds. The fraction of sp³-hybridized carbons (Fsp3) is 0.353. The van der Waals surface area contributed by atoms with E-state index in [-0.39, 0.29) is 0 Å². The van der Waals surface area contributed by atoms with Crippen LogP contribution in [0.2, 0.25) is 0 Å². The minimum Gasteiger partial charge on any atom is -0.389 e. The second kappa shape index (κ2) is 5.80. The number of benzene rings is 2. The van der Waals surface area contributed by atoms with Gasteiger partial charge in [0.25, 0.3) is 0 Å². The van der Waals surface area contributed by atoms with E-state index in [0.29, 0.717) is 4.99 Å². The second-order valence-electron chi connectivity index (χ2n) is 5.44. The monoisotopic (exact) mass is 284 g/mol. The first-order valence-electron chi connectivity index (χ1n) is 7.34. The molecular formula is C17H20N2S. The van der Waals surface area contributed by atoms with Gasteiger partial charge in [-0.3, -0.25) is 0 Å². The van der Waals surface area contributed by atoms with Gasteiger partial charge in [-0.25, -0.2) is 0 Å². The van der Waals surface area contributed by atoms with Crippen LogP contribution in [0.4, 0.5) is 5.69 Å². The van der Waals surface area contributed by atoms with Crippen molar-refractivity contribution in [2.75, 3.05) is 18.0 Å². The number of thiocarbonyl (C=S) groups is 1. The van der Waals surface area contributed by atoms with E-state index >= 15 is 0 Å². The summed E-state index contributed by atoms with van der Waals surface area (Å²) in [6.07, 6.45) is 5.26. The molecule has 0 radical (unpaired) electrons. The van der Waals surface area contributed by atoms with Crippen LogP contribution in [0, 0.1) is 0 Å². The van der Waals surface area contributed by atoms with Gasteiger partial charge >= 0.3 is 0 Å². The van der Waals surface area contributed by atoms with Gasteiger partial charge < -0.3 is 10.6 Å². The highest BCUT2D eigenvalue weighted by molar-refractivity contribution is 7.80. The molecule has 1 aliphatic heterocycles. The van der Waals surface area contributed by atoms with Crippen molar-refractivity contribution in [3.8, 4) is 0 Å². The lowest BCUT2D eigenvalue weighted by atomic mass is 10.0. The maximum absolute atomic E-state index is 5.85. The largest absolute Gasteiger partial charge is 0.389 e. The summed E-state index contributed by atoms with van der Waals surface area (Å²) >= 11 is 5.18. The van der Waals surface area contributed by atoms with E-state index in [1.807, 2.05) is 0 Å². The van der Waals surface area contributed by atoms with Crippen LogP contribution in [0.5, 0.6) is 0 Å². The predicted octanol–water partition coefficient (Wildman–Crippen LogP) is 3.85. The van der Waals surface area contributed by atoms with Gasteiger partial charge in [-0.05, 0) is 30.4 Å². The molecule has 1 saturated heterocycles. The van der Waals surface area contributed by atoms with Crippen molar-refractivity contribution in [2.45, 2.75) is 25.7 Å². The maximum atomic E-state index is 5.85. The van der Waals surface area contributed by atoms with E-state index in [2.05, 4.69) is 41.3 Å². The number of hydrogen-bond donors (Lipinski definition) is 1. The van der Waals surface area contributed by atoms with Crippen LogP contribution in [0.15, 0.2) is 36.4 Å². The molecule has 1 aliphatic rings. The fourth-order valence-corrected chi connectivity index (χ4v) is 3.26. The Morgan fingerprint density at radius 3 is 2.20 bits per heavy atom. The quantitative estimate of drug-likeness (QED) is 0.849. The van der Waals surface area contributed by atoms with E-state index in [1.165, 1.54) is 42.1 Å². The first-order chi connectivity index (χ1) is 9.77. The molecular weight excluding hydrogens is 264 g/mol. The summed E-state index contributed by atoms with van der Waals surface area (Å²) in [6.45, 7) is 2.30. The summed E-state index contributed by atoms with van der Waals surface area (Å²) in [4.78, 5) is 2.99. The van der Waals surface area contributed by atoms with Crippen LogP contribution in [-0.4, -0.2) is 18.1 Å². The fourth-order valence-electron chi connectivity index (χ4n) is 3.09. The summed E-state index contributed by atoms with van der Waals surface area (Å²) in [5, 5.41) is 2.43. The highest BCUT2D eigenvalue weighted by atomic mass is 32.1. The lowest BCUT2D eigenvalue weighted by Gasteiger charge is -2.25. The molecule has 20 heavy (non-hydrogen) atoms. The Balaban J connectivity index is 2.12. The van der Waals surface area contributed by atoms with Crippen LogP contribution in [0.3, 0.4) is 0 Å². The molecule has 0 aliphatic carbocycles.